The molecule has 3 aromatic rings. The van der Waals surface area contributed by atoms with Gasteiger partial charge in [-0.05, 0) is 31.2 Å². The van der Waals surface area contributed by atoms with Crippen LogP contribution < -0.4 is 5.32 Å². The monoisotopic (exact) mass is 373 g/mol. The van der Waals surface area contributed by atoms with Crippen LogP contribution in [-0.2, 0) is 11.3 Å². The van der Waals surface area contributed by atoms with Crippen LogP contribution in [0.15, 0.2) is 57.9 Å². The number of hydrogen-bond donors (Lipinski definition) is 1. The number of rotatable bonds is 6. The van der Waals surface area contributed by atoms with Crippen molar-refractivity contribution in [3.63, 3.8) is 0 Å². The van der Waals surface area contributed by atoms with E-state index in [1.165, 1.54) is 17.3 Å². The number of carbonyl (C=O) groups is 1. The standard InChI is InChI=1S/C18H16ClN3O2S/c1-12-6-8-13(9-7-12)25-11-16(23)20-10-17-21-18(22-24-17)14-4-2-3-5-15(14)19/h2-9H,10-11H2,1H3,(H,20,23). The van der Waals surface area contributed by atoms with Gasteiger partial charge >= 0.3 is 0 Å². The molecule has 0 saturated heterocycles. The van der Waals surface area contributed by atoms with Gasteiger partial charge < -0.3 is 9.84 Å². The molecule has 0 aliphatic carbocycles. The van der Waals surface area contributed by atoms with Crippen molar-refractivity contribution in [3.05, 3.63) is 65.0 Å². The maximum atomic E-state index is 11.9. The highest BCUT2D eigenvalue weighted by Gasteiger charge is 2.12. The lowest BCUT2D eigenvalue weighted by Gasteiger charge is -2.03. The molecule has 0 spiro atoms. The van der Waals surface area contributed by atoms with E-state index < -0.39 is 0 Å². The SMILES string of the molecule is Cc1ccc(SCC(=O)NCc2nc(-c3ccccc3Cl)no2)cc1. The largest absolute Gasteiger partial charge is 0.346 e. The van der Waals surface area contributed by atoms with Gasteiger partial charge in [-0.1, -0.05) is 46.6 Å². The quantitative estimate of drug-likeness (QED) is 0.658. The van der Waals surface area contributed by atoms with Crippen molar-refractivity contribution in [3.8, 4) is 11.4 Å². The van der Waals surface area contributed by atoms with E-state index in [0.717, 1.165) is 4.90 Å². The van der Waals surface area contributed by atoms with E-state index in [4.69, 9.17) is 16.1 Å². The Hall–Kier alpha value is -2.31. The van der Waals surface area contributed by atoms with Crippen LogP contribution in [0.5, 0.6) is 0 Å². The van der Waals surface area contributed by atoms with Crippen LogP contribution in [0.3, 0.4) is 0 Å². The summed E-state index contributed by atoms with van der Waals surface area (Å²) >= 11 is 7.59. The minimum absolute atomic E-state index is 0.0944. The predicted octanol–water partition coefficient (Wildman–Crippen LogP) is 4.11. The Kier molecular flexibility index (Phi) is 5.73. The number of benzene rings is 2. The molecule has 7 heteroatoms. The summed E-state index contributed by atoms with van der Waals surface area (Å²) in [6.07, 6.45) is 0. The van der Waals surface area contributed by atoms with Gasteiger partial charge in [0.1, 0.15) is 0 Å². The highest BCUT2D eigenvalue weighted by molar-refractivity contribution is 8.00. The van der Waals surface area contributed by atoms with E-state index in [9.17, 15) is 4.79 Å². The van der Waals surface area contributed by atoms with Crippen LogP contribution in [-0.4, -0.2) is 21.8 Å². The lowest BCUT2D eigenvalue weighted by atomic mass is 10.2. The average Bonchev–Trinajstić information content (AvgIpc) is 3.08. The number of aryl methyl sites for hydroxylation is 1. The third kappa shape index (κ3) is 4.84. The molecule has 0 atom stereocenters. The van der Waals surface area contributed by atoms with Crippen molar-refractivity contribution in [1.82, 2.24) is 15.5 Å². The summed E-state index contributed by atoms with van der Waals surface area (Å²) in [5.74, 6) is 0.977. The van der Waals surface area contributed by atoms with Gasteiger partial charge in [0.25, 0.3) is 0 Å². The molecule has 25 heavy (non-hydrogen) atoms. The second-order valence-corrected chi connectivity index (χ2v) is 6.83. The van der Waals surface area contributed by atoms with Crippen LogP contribution in [0.25, 0.3) is 11.4 Å². The Morgan fingerprint density at radius 1 is 1.20 bits per heavy atom. The first-order valence-corrected chi connectivity index (χ1v) is 9.02. The van der Waals surface area contributed by atoms with Gasteiger partial charge in [0.05, 0.1) is 17.3 Å². The minimum Gasteiger partial charge on any atom is -0.346 e. The van der Waals surface area contributed by atoms with E-state index in [2.05, 4.69) is 15.5 Å². The van der Waals surface area contributed by atoms with Crippen molar-refractivity contribution >= 4 is 29.3 Å². The molecule has 1 amide bonds. The highest BCUT2D eigenvalue weighted by Crippen LogP contribution is 2.24. The molecule has 0 radical (unpaired) electrons. The number of nitrogens with zero attached hydrogens (tertiary/aromatic N) is 2. The van der Waals surface area contributed by atoms with Crippen LogP contribution in [0, 0.1) is 6.92 Å². The first-order chi connectivity index (χ1) is 12.1. The number of hydrogen-bond acceptors (Lipinski definition) is 5. The normalized spacial score (nSPS) is 10.6. The zero-order valence-corrected chi connectivity index (χ0v) is 15.1. The maximum Gasteiger partial charge on any atom is 0.246 e. The Labute approximate surface area is 154 Å². The van der Waals surface area contributed by atoms with Crippen molar-refractivity contribution in [1.29, 1.82) is 0 Å². The molecule has 2 aromatic carbocycles. The van der Waals surface area contributed by atoms with Gasteiger partial charge in [-0.15, -0.1) is 11.8 Å². The van der Waals surface area contributed by atoms with Gasteiger partial charge in [0.2, 0.25) is 17.6 Å². The molecule has 128 valence electrons. The molecular weight excluding hydrogens is 358 g/mol. The summed E-state index contributed by atoms with van der Waals surface area (Å²) < 4.78 is 5.16. The Bertz CT molecular complexity index is 865. The Balaban J connectivity index is 1.51. The summed E-state index contributed by atoms with van der Waals surface area (Å²) in [7, 11) is 0. The first kappa shape index (κ1) is 17.5. The Morgan fingerprint density at radius 3 is 2.72 bits per heavy atom. The third-order valence-electron chi connectivity index (χ3n) is 3.41. The van der Waals surface area contributed by atoms with Crippen LogP contribution in [0.1, 0.15) is 11.5 Å². The van der Waals surface area contributed by atoms with E-state index in [0.29, 0.717) is 28.1 Å². The zero-order chi connectivity index (χ0) is 17.6. The van der Waals surface area contributed by atoms with Crippen LogP contribution in [0.4, 0.5) is 0 Å². The molecule has 3 rings (SSSR count). The molecule has 0 aliphatic heterocycles. The average molecular weight is 374 g/mol. The van der Waals surface area contributed by atoms with Gasteiger partial charge in [-0.2, -0.15) is 4.98 Å². The second kappa shape index (κ2) is 8.18. The molecule has 1 aromatic heterocycles. The highest BCUT2D eigenvalue weighted by atomic mass is 35.5. The van der Waals surface area contributed by atoms with E-state index >= 15 is 0 Å². The van der Waals surface area contributed by atoms with Gasteiger partial charge in [-0.3, -0.25) is 4.79 Å². The fourth-order valence-electron chi connectivity index (χ4n) is 2.09. The summed E-state index contributed by atoms with van der Waals surface area (Å²) in [6.45, 7) is 2.22. The molecule has 0 bridgehead atoms. The molecule has 1 N–H and O–H groups in total. The molecule has 0 saturated carbocycles. The summed E-state index contributed by atoms with van der Waals surface area (Å²) in [5, 5.41) is 7.22. The van der Waals surface area contributed by atoms with E-state index in [1.54, 1.807) is 6.07 Å². The molecule has 0 unspecified atom stereocenters. The van der Waals surface area contributed by atoms with Crippen molar-refractivity contribution in [2.24, 2.45) is 0 Å². The number of carbonyl (C=O) groups excluding carboxylic acids is 1. The van der Waals surface area contributed by atoms with E-state index in [-0.39, 0.29) is 12.5 Å². The van der Waals surface area contributed by atoms with Crippen molar-refractivity contribution in [2.45, 2.75) is 18.4 Å². The predicted molar refractivity (Wildman–Crippen MR) is 98.5 cm³/mol. The Morgan fingerprint density at radius 2 is 1.96 bits per heavy atom. The smallest absolute Gasteiger partial charge is 0.246 e. The zero-order valence-electron chi connectivity index (χ0n) is 13.5. The van der Waals surface area contributed by atoms with Crippen LogP contribution in [0.2, 0.25) is 5.02 Å². The maximum absolute atomic E-state index is 11.9. The molecular formula is C18H16ClN3O2S. The van der Waals surface area contributed by atoms with Gasteiger partial charge in [-0.25, -0.2) is 0 Å². The lowest BCUT2D eigenvalue weighted by Crippen LogP contribution is -2.24. The fourth-order valence-corrected chi connectivity index (χ4v) is 3.04. The first-order valence-electron chi connectivity index (χ1n) is 7.65. The number of halogens is 1. The summed E-state index contributed by atoms with van der Waals surface area (Å²) in [6, 6.07) is 15.3. The molecule has 5 nitrogen and oxygen atoms in total. The third-order valence-corrected chi connectivity index (χ3v) is 4.75. The summed E-state index contributed by atoms with van der Waals surface area (Å²) in [5.41, 5.74) is 1.89. The summed E-state index contributed by atoms with van der Waals surface area (Å²) in [4.78, 5) is 17.3. The lowest BCUT2D eigenvalue weighted by molar-refractivity contribution is -0.118. The van der Waals surface area contributed by atoms with Gasteiger partial charge in [0, 0.05) is 10.5 Å². The number of nitrogens with one attached hydrogen (secondary N) is 1. The minimum atomic E-state index is -0.0944. The van der Waals surface area contributed by atoms with E-state index in [1.807, 2.05) is 49.4 Å². The van der Waals surface area contributed by atoms with Crippen LogP contribution >= 0.6 is 23.4 Å². The number of amides is 1. The molecule has 0 fully saturated rings. The van der Waals surface area contributed by atoms with Crippen molar-refractivity contribution < 1.29 is 9.32 Å². The topological polar surface area (TPSA) is 68.0 Å². The second-order valence-electron chi connectivity index (χ2n) is 5.37. The molecule has 0 aliphatic rings. The van der Waals surface area contributed by atoms with Crippen molar-refractivity contribution in [2.75, 3.05) is 5.75 Å². The number of thioether (sulfide) groups is 1. The fraction of sp³-hybridized carbons (Fsp3) is 0.167. The number of aromatic nitrogens is 2. The molecule has 1 heterocycles. The van der Waals surface area contributed by atoms with Gasteiger partial charge in [0.15, 0.2) is 0 Å².